The van der Waals surface area contributed by atoms with E-state index in [0.29, 0.717) is 36.8 Å². The van der Waals surface area contributed by atoms with Crippen molar-refractivity contribution in [2.75, 3.05) is 29.9 Å². The smallest absolute Gasteiger partial charge is 0.406 e. The van der Waals surface area contributed by atoms with Crippen molar-refractivity contribution in [2.24, 2.45) is 0 Å². The number of piperazine rings is 1. The predicted molar refractivity (Wildman–Crippen MR) is 135 cm³/mol. The lowest BCUT2D eigenvalue weighted by atomic mass is 10.0. The molecule has 1 N–H and O–H groups in total. The van der Waals surface area contributed by atoms with Crippen molar-refractivity contribution in [2.45, 2.75) is 19.3 Å². The number of hydrogen-bond acceptors (Lipinski definition) is 5. The van der Waals surface area contributed by atoms with E-state index in [1.807, 2.05) is 31.2 Å². The van der Waals surface area contributed by atoms with Crippen LogP contribution < -0.4 is 15.0 Å². The van der Waals surface area contributed by atoms with Crippen LogP contribution in [-0.4, -0.2) is 53.2 Å². The third-order valence-electron chi connectivity index (χ3n) is 6.31. The predicted octanol–water partition coefficient (Wildman–Crippen LogP) is 6.08. The fourth-order valence-electron chi connectivity index (χ4n) is 4.52. The zero-order valence-corrected chi connectivity index (χ0v) is 20.2. The number of nitrogens with zero attached hydrogens (tertiary/aromatic N) is 4. The van der Waals surface area contributed by atoms with Crippen molar-refractivity contribution in [3.63, 3.8) is 0 Å². The van der Waals surface area contributed by atoms with Crippen LogP contribution >= 0.6 is 0 Å². The van der Waals surface area contributed by atoms with Crippen LogP contribution in [0.5, 0.6) is 5.75 Å². The van der Waals surface area contributed by atoms with E-state index in [1.54, 1.807) is 17.0 Å². The molecule has 38 heavy (non-hydrogen) atoms. The van der Waals surface area contributed by atoms with Crippen LogP contribution in [0.2, 0.25) is 0 Å². The summed E-state index contributed by atoms with van der Waals surface area (Å²) < 4.78 is 54.4. The second-order valence-corrected chi connectivity index (χ2v) is 8.92. The molecule has 196 valence electrons. The molecule has 0 spiro atoms. The number of urea groups is 1. The van der Waals surface area contributed by atoms with Crippen LogP contribution in [0.1, 0.15) is 6.92 Å². The van der Waals surface area contributed by atoms with Crippen molar-refractivity contribution in [3.8, 4) is 17.0 Å². The van der Waals surface area contributed by atoms with Gasteiger partial charge in [0.15, 0.2) is 5.82 Å². The van der Waals surface area contributed by atoms with E-state index >= 15 is 0 Å². The highest BCUT2D eigenvalue weighted by Gasteiger charge is 2.31. The van der Waals surface area contributed by atoms with E-state index in [0.717, 1.165) is 28.5 Å². The molecule has 1 aliphatic heterocycles. The third kappa shape index (κ3) is 5.46. The van der Waals surface area contributed by atoms with Gasteiger partial charge in [-0.05, 0) is 55.5 Å². The first-order valence-electron chi connectivity index (χ1n) is 11.9. The van der Waals surface area contributed by atoms with Gasteiger partial charge >= 0.3 is 12.4 Å². The van der Waals surface area contributed by atoms with Gasteiger partial charge in [-0.2, -0.15) is 0 Å². The van der Waals surface area contributed by atoms with E-state index in [9.17, 15) is 22.4 Å². The van der Waals surface area contributed by atoms with E-state index in [1.165, 1.54) is 24.3 Å². The third-order valence-corrected chi connectivity index (χ3v) is 6.31. The number of amides is 2. The van der Waals surface area contributed by atoms with Crippen LogP contribution in [0.25, 0.3) is 22.0 Å². The number of ether oxygens (including phenoxy) is 1. The zero-order valence-electron chi connectivity index (χ0n) is 20.2. The number of carbonyl (C=O) groups is 1. The van der Waals surface area contributed by atoms with Crippen LogP contribution in [0.15, 0.2) is 72.8 Å². The monoisotopic (exact) mass is 525 g/mol. The minimum absolute atomic E-state index is 0.0913. The largest absolute Gasteiger partial charge is 0.573 e. The Hall–Kier alpha value is -4.41. The number of halogens is 4. The molecule has 5 rings (SSSR count). The van der Waals surface area contributed by atoms with Gasteiger partial charge in [-0.25, -0.2) is 9.18 Å². The first-order valence-corrected chi connectivity index (χ1v) is 11.9. The molecule has 0 aliphatic carbocycles. The Labute approximate surface area is 215 Å². The maximum Gasteiger partial charge on any atom is 0.573 e. The molecule has 3 aromatic carbocycles. The van der Waals surface area contributed by atoms with Gasteiger partial charge < -0.3 is 19.9 Å². The van der Waals surface area contributed by atoms with Gasteiger partial charge in [0.1, 0.15) is 17.3 Å². The summed E-state index contributed by atoms with van der Waals surface area (Å²) in [5.74, 6) is 0.00152. The van der Waals surface area contributed by atoms with Crippen LogP contribution in [0.3, 0.4) is 0 Å². The molecule has 11 heteroatoms. The summed E-state index contributed by atoms with van der Waals surface area (Å²) >= 11 is 0. The molecule has 1 saturated heterocycles. The van der Waals surface area contributed by atoms with Crippen molar-refractivity contribution in [3.05, 3.63) is 78.6 Å². The van der Waals surface area contributed by atoms with Gasteiger partial charge in [0.05, 0.1) is 0 Å². The molecule has 1 atom stereocenters. The van der Waals surface area contributed by atoms with E-state index in [2.05, 4.69) is 25.2 Å². The van der Waals surface area contributed by atoms with Gasteiger partial charge in [-0.15, -0.1) is 23.4 Å². The maximum absolute atomic E-state index is 13.4. The number of benzene rings is 3. The molecular weight excluding hydrogens is 502 g/mol. The minimum atomic E-state index is -4.78. The SMILES string of the molecule is C[C@H]1CN(C(=O)Nc2ccc(OC(F)(F)F)cc2)CCN1c1nnc(-c2ccc(F)cc2)c2ccccc12. The lowest BCUT2D eigenvalue weighted by Gasteiger charge is -2.40. The number of aromatic nitrogens is 2. The second-order valence-electron chi connectivity index (χ2n) is 8.92. The van der Waals surface area contributed by atoms with Crippen molar-refractivity contribution in [1.82, 2.24) is 15.1 Å². The van der Waals surface area contributed by atoms with Gasteiger partial charge in [0, 0.05) is 47.7 Å². The second kappa shape index (κ2) is 10.2. The van der Waals surface area contributed by atoms with Crippen molar-refractivity contribution < 1.29 is 27.1 Å². The van der Waals surface area contributed by atoms with Crippen molar-refractivity contribution >= 4 is 28.3 Å². The van der Waals surface area contributed by atoms with E-state index in [4.69, 9.17) is 0 Å². The molecule has 1 aromatic heterocycles. The number of alkyl halides is 3. The number of hydrogen-bond donors (Lipinski definition) is 1. The number of nitrogens with one attached hydrogen (secondary N) is 1. The molecule has 0 saturated carbocycles. The van der Waals surface area contributed by atoms with Crippen LogP contribution in [0, 0.1) is 5.82 Å². The van der Waals surface area contributed by atoms with Gasteiger partial charge in [-0.1, -0.05) is 24.3 Å². The zero-order chi connectivity index (χ0) is 26.9. The van der Waals surface area contributed by atoms with Crippen LogP contribution in [-0.2, 0) is 0 Å². The highest BCUT2D eigenvalue weighted by molar-refractivity contribution is 6.00. The average Bonchev–Trinajstić information content (AvgIpc) is 2.89. The molecule has 1 aliphatic rings. The Kier molecular flexibility index (Phi) is 6.75. The summed E-state index contributed by atoms with van der Waals surface area (Å²) in [6.07, 6.45) is -4.78. The quantitative estimate of drug-likeness (QED) is 0.327. The van der Waals surface area contributed by atoms with E-state index < -0.39 is 6.36 Å². The summed E-state index contributed by atoms with van der Waals surface area (Å²) in [5.41, 5.74) is 1.77. The normalized spacial score (nSPS) is 16.0. The summed E-state index contributed by atoms with van der Waals surface area (Å²) in [7, 11) is 0. The molecule has 7 nitrogen and oxygen atoms in total. The lowest BCUT2D eigenvalue weighted by molar-refractivity contribution is -0.274. The molecule has 2 amide bonds. The highest BCUT2D eigenvalue weighted by Crippen LogP contribution is 2.33. The molecule has 0 radical (unpaired) electrons. The first kappa shape index (κ1) is 25.2. The van der Waals surface area contributed by atoms with E-state index in [-0.39, 0.29) is 23.6 Å². The summed E-state index contributed by atoms with van der Waals surface area (Å²) in [4.78, 5) is 16.6. The number of rotatable bonds is 4. The Morgan fingerprint density at radius 3 is 2.29 bits per heavy atom. The fourth-order valence-corrected chi connectivity index (χ4v) is 4.52. The Morgan fingerprint density at radius 1 is 0.947 bits per heavy atom. The summed E-state index contributed by atoms with van der Waals surface area (Å²) in [5, 5.41) is 13.5. The molecular formula is C27H23F4N5O2. The first-order chi connectivity index (χ1) is 18.2. The van der Waals surface area contributed by atoms with Gasteiger partial charge in [0.2, 0.25) is 0 Å². The Bertz CT molecular complexity index is 1450. The molecule has 0 unspecified atom stereocenters. The summed E-state index contributed by atoms with van der Waals surface area (Å²) in [6, 6.07) is 18.4. The number of anilines is 2. The van der Waals surface area contributed by atoms with Crippen LogP contribution in [0.4, 0.5) is 33.9 Å². The maximum atomic E-state index is 13.4. The topological polar surface area (TPSA) is 70.6 Å². The molecule has 0 bridgehead atoms. The average molecular weight is 526 g/mol. The fraction of sp³-hybridized carbons (Fsp3) is 0.222. The molecule has 1 fully saturated rings. The molecule has 4 aromatic rings. The lowest BCUT2D eigenvalue weighted by Crippen LogP contribution is -2.55. The van der Waals surface area contributed by atoms with Crippen molar-refractivity contribution in [1.29, 1.82) is 0 Å². The standard InChI is InChI=1S/C27H23F4N5O2/c1-17-16-35(26(37)32-20-10-12-21(13-11-20)38-27(29,30)31)14-15-36(17)25-23-5-3-2-4-22(23)24(33-34-25)18-6-8-19(28)9-7-18/h2-13,17H,14-16H2,1H3,(H,32,37)/t17-/m0/s1. The summed E-state index contributed by atoms with van der Waals surface area (Å²) in [6.45, 7) is 3.28. The Balaban J connectivity index is 1.30. The number of carbonyl (C=O) groups excluding carboxylic acids is 1. The molecule has 2 heterocycles. The Morgan fingerprint density at radius 2 is 1.63 bits per heavy atom. The van der Waals surface area contributed by atoms with Gasteiger partial charge in [0.25, 0.3) is 0 Å². The number of fused-ring (bicyclic) bond motifs is 1. The minimum Gasteiger partial charge on any atom is -0.406 e. The van der Waals surface area contributed by atoms with Gasteiger partial charge in [-0.3, -0.25) is 0 Å². The highest BCUT2D eigenvalue weighted by atomic mass is 19.4.